The summed E-state index contributed by atoms with van der Waals surface area (Å²) in [6.07, 6.45) is 2.57. The van der Waals surface area contributed by atoms with E-state index in [2.05, 4.69) is 23.6 Å². The van der Waals surface area contributed by atoms with Gasteiger partial charge in [-0.25, -0.2) is 4.79 Å². The van der Waals surface area contributed by atoms with E-state index in [1.54, 1.807) is 49.1 Å². The number of carbonyl (C=O) groups excluding carboxylic acids is 2. The second-order valence-corrected chi connectivity index (χ2v) is 8.83. The lowest BCUT2D eigenvalue weighted by atomic mass is 10.0. The van der Waals surface area contributed by atoms with Gasteiger partial charge in [0.15, 0.2) is 5.11 Å². The summed E-state index contributed by atoms with van der Waals surface area (Å²) >= 11 is 18.3. The predicted molar refractivity (Wildman–Crippen MR) is 141 cm³/mol. The zero-order chi connectivity index (χ0) is 25.6. The first kappa shape index (κ1) is 27.5. The minimum Gasteiger partial charge on any atom is -0.447 e. The average molecular weight is 525 g/mol. The van der Waals surface area contributed by atoms with Gasteiger partial charge in [0.25, 0.3) is 5.91 Å². The summed E-state index contributed by atoms with van der Waals surface area (Å²) < 4.78 is 4.82. The molecule has 0 aliphatic carbocycles. The van der Waals surface area contributed by atoms with Crippen LogP contribution in [0.15, 0.2) is 58.2 Å². The zero-order valence-corrected chi connectivity index (χ0v) is 21.4. The molecule has 1 saturated heterocycles. The predicted octanol–water partition coefficient (Wildman–Crippen LogP) is 4.88. The summed E-state index contributed by atoms with van der Waals surface area (Å²) in [5.41, 5.74) is 0.713. The lowest BCUT2D eigenvalue weighted by molar-refractivity contribution is -0.128. The normalized spacial score (nSPS) is 16.1. The molecule has 1 aromatic carbocycles. The van der Waals surface area contributed by atoms with Crippen molar-refractivity contribution < 1.29 is 19.4 Å². The van der Waals surface area contributed by atoms with Crippen LogP contribution < -0.4 is 10.2 Å². The van der Waals surface area contributed by atoms with Crippen molar-refractivity contribution in [3.05, 3.63) is 58.3 Å². The van der Waals surface area contributed by atoms with E-state index in [0.717, 1.165) is 5.57 Å². The van der Waals surface area contributed by atoms with Crippen LogP contribution >= 0.6 is 35.4 Å². The monoisotopic (exact) mass is 524 g/mol. The maximum atomic E-state index is 13.3. The van der Waals surface area contributed by atoms with Crippen molar-refractivity contribution in [2.75, 3.05) is 30.0 Å². The van der Waals surface area contributed by atoms with Gasteiger partial charge in [-0.2, -0.15) is 0 Å². The summed E-state index contributed by atoms with van der Waals surface area (Å²) in [6, 6.07) is 4.82. The molecule has 0 bridgehead atoms. The standard InChI is InChI=1S/C23H26Cl2N4O4S/c1-6-15(13-26-5)18(25)11-14(2)28-20(31)23(3,4)29(22(28)34)16-7-8-17(24)19(12-16)27-21(32)33-10-9-30/h6-8,11-12,30H,2,5,9-10,13H2,1,3-4H3,(H,27,32)/b15-6-,18-11+. The third kappa shape index (κ3) is 5.85. The van der Waals surface area contributed by atoms with Gasteiger partial charge in [0, 0.05) is 16.4 Å². The zero-order valence-electron chi connectivity index (χ0n) is 19.1. The number of nitrogens with zero attached hydrogens (tertiary/aromatic N) is 3. The number of ether oxygens (including phenoxy) is 1. The van der Waals surface area contributed by atoms with Crippen molar-refractivity contribution in [2.45, 2.75) is 26.3 Å². The van der Waals surface area contributed by atoms with Crippen LogP contribution in [0.4, 0.5) is 16.2 Å². The molecular weight excluding hydrogens is 499 g/mol. The fourth-order valence-corrected chi connectivity index (χ4v) is 4.24. The summed E-state index contributed by atoms with van der Waals surface area (Å²) in [6.45, 7) is 12.6. The quantitative estimate of drug-likeness (QED) is 0.271. The number of hydrogen-bond acceptors (Lipinski definition) is 6. The van der Waals surface area contributed by atoms with Crippen molar-refractivity contribution in [3.8, 4) is 0 Å². The molecule has 0 unspecified atom stereocenters. The van der Waals surface area contributed by atoms with E-state index < -0.39 is 11.6 Å². The van der Waals surface area contributed by atoms with E-state index in [1.807, 2.05) is 6.92 Å². The molecule has 1 fully saturated rings. The first-order chi connectivity index (χ1) is 16.0. The molecule has 11 heteroatoms. The lowest BCUT2D eigenvalue weighted by Crippen LogP contribution is -2.44. The Morgan fingerprint density at radius 1 is 1.41 bits per heavy atom. The SMILES string of the molecule is C=NCC(=C/C)/C(Cl)=C\C(=C)N1C(=O)C(C)(C)N(c2ccc(Cl)c(NC(=O)OCCO)c2)C1=S. The van der Waals surface area contributed by atoms with Gasteiger partial charge in [0.05, 0.1) is 23.9 Å². The molecule has 182 valence electrons. The van der Waals surface area contributed by atoms with Crippen molar-refractivity contribution in [2.24, 2.45) is 4.99 Å². The number of allylic oxidation sites excluding steroid dienone is 2. The van der Waals surface area contributed by atoms with E-state index in [-0.39, 0.29) is 34.9 Å². The largest absolute Gasteiger partial charge is 0.447 e. The number of halogens is 2. The molecule has 2 amide bonds. The molecule has 2 N–H and O–H groups in total. The molecule has 0 atom stereocenters. The number of aliphatic imine (C=N–C) groups is 1. The minimum atomic E-state index is -1.07. The molecule has 0 spiro atoms. The second kappa shape index (κ2) is 11.6. The van der Waals surface area contributed by atoms with Crippen molar-refractivity contribution in [1.29, 1.82) is 0 Å². The Morgan fingerprint density at radius 3 is 2.68 bits per heavy atom. The summed E-state index contributed by atoms with van der Waals surface area (Å²) in [5.74, 6) is -0.307. The fourth-order valence-electron chi connectivity index (χ4n) is 3.24. The number of thiocarbonyl (C=S) groups is 1. The summed E-state index contributed by atoms with van der Waals surface area (Å²) in [7, 11) is 0. The number of anilines is 2. The Morgan fingerprint density at radius 2 is 2.09 bits per heavy atom. The number of carbonyl (C=O) groups is 2. The van der Waals surface area contributed by atoms with Gasteiger partial charge in [-0.05, 0) is 69.6 Å². The Hall–Kier alpha value is -2.72. The van der Waals surface area contributed by atoms with E-state index in [9.17, 15) is 9.59 Å². The lowest BCUT2D eigenvalue weighted by Gasteiger charge is -2.30. The van der Waals surface area contributed by atoms with Crippen LogP contribution in [-0.2, 0) is 9.53 Å². The van der Waals surface area contributed by atoms with E-state index in [0.29, 0.717) is 23.0 Å². The molecule has 2 rings (SSSR count). The van der Waals surface area contributed by atoms with Crippen LogP contribution in [0.25, 0.3) is 0 Å². The van der Waals surface area contributed by atoms with Gasteiger partial charge in [-0.3, -0.25) is 20.0 Å². The van der Waals surface area contributed by atoms with Crippen LogP contribution in [0, 0.1) is 0 Å². The number of hydrogen-bond donors (Lipinski definition) is 2. The van der Waals surface area contributed by atoms with Gasteiger partial charge in [-0.1, -0.05) is 35.9 Å². The maximum absolute atomic E-state index is 13.3. The molecule has 1 aliphatic heterocycles. The van der Waals surface area contributed by atoms with Gasteiger partial charge >= 0.3 is 6.09 Å². The molecule has 8 nitrogen and oxygen atoms in total. The number of aliphatic hydroxyl groups is 1. The number of nitrogens with one attached hydrogen (secondary N) is 1. The van der Waals surface area contributed by atoms with Crippen molar-refractivity contribution >= 4 is 70.6 Å². The van der Waals surface area contributed by atoms with Crippen LogP contribution in [0.1, 0.15) is 20.8 Å². The van der Waals surface area contributed by atoms with Gasteiger partial charge in [0.1, 0.15) is 12.1 Å². The summed E-state index contributed by atoms with van der Waals surface area (Å²) in [4.78, 5) is 32.0. The van der Waals surface area contributed by atoms with Gasteiger partial charge in [0.2, 0.25) is 0 Å². The average Bonchev–Trinajstić information content (AvgIpc) is 2.95. The van der Waals surface area contributed by atoms with Crippen LogP contribution in [-0.4, -0.2) is 59.1 Å². The second-order valence-electron chi connectivity index (χ2n) is 7.65. The first-order valence-corrected chi connectivity index (χ1v) is 11.3. The molecule has 0 aromatic heterocycles. The van der Waals surface area contributed by atoms with E-state index >= 15 is 0 Å². The number of benzene rings is 1. The Kier molecular flexibility index (Phi) is 9.40. The minimum absolute atomic E-state index is 0.161. The summed E-state index contributed by atoms with van der Waals surface area (Å²) in [5, 5.41) is 12.1. The number of amides is 2. The molecule has 1 heterocycles. The Bertz CT molecular complexity index is 1080. The Balaban J connectivity index is 2.40. The smallest absolute Gasteiger partial charge is 0.411 e. The van der Waals surface area contributed by atoms with Gasteiger partial charge in [-0.15, -0.1) is 0 Å². The molecule has 0 saturated carbocycles. The highest BCUT2D eigenvalue weighted by molar-refractivity contribution is 7.80. The highest BCUT2D eigenvalue weighted by Gasteiger charge is 2.50. The number of aliphatic hydroxyl groups excluding tert-OH is 1. The number of rotatable bonds is 9. The molecule has 1 aliphatic rings. The first-order valence-electron chi connectivity index (χ1n) is 10.2. The third-order valence-electron chi connectivity index (χ3n) is 4.96. The Labute approximate surface area is 214 Å². The highest BCUT2D eigenvalue weighted by Crippen LogP contribution is 2.38. The van der Waals surface area contributed by atoms with Crippen molar-refractivity contribution in [3.63, 3.8) is 0 Å². The fraction of sp³-hybridized carbons (Fsp3) is 0.304. The molecule has 1 aromatic rings. The highest BCUT2D eigenvalue weighted by atomic mass is 35.5. The van der Waals surface area contributed by atoms with Gasteiger partial charge < -0.3 is 14.7 Å². The third-order valence-corrected chi connectivity index (χ3v) is 6.00. The van der Waals surface area contributed by atoms with Crippen LogP contribution in [0.2, 0.25) is 5.02 Å². The van der Waals surface area contributed by atoms with Crippen LogP contribution in [0.3, 0.4) is 0 Å². The molecule has 0 radical (unpaired) electrons. The molecule has 34 heavy (non-hydrogen) atoms. The molecular formula is C23H26Cl2N4O4S. The topological polar surface area (TPSA) is 94.5 Å². The van der Waals surface area contributed by atoms with E-state index in [4.69, 9.17) is 45.3 Å². The maximum Gasteiger partial charge on any atom is 0.411 e. The van der Waals surface area contributed by atoms with Crippen molar-refractivity contribution in [1.82, 2.24) is 4.90 Å². The van der Waals surface area contributed by atoms with E-state index in [1.165, 1.54) is 4.90 Å². The van der Waals surface area contributed by atoms with Crippen LogP contribution in [0.5, 0.6) is 0 Å².